The lowest BCUT2D eigenvalue weighted by Gasteiger charge is -2.36. The second kappa shape index (κ2) is 10.3. The third kappa shape index (κ3) is 6.16. The van der Waals surface area contributed by atoms with Gasteiger partial charge in [-0.15, -0.1) is 0 Å². The first-order valence-corrected chi connectivity index (χ1v) is 12.4. The van der Waals surface area contributed by atoms with Crippen molar-refractivity contribution in [2.45, 2.75) is 26.2 Å². The number of carbonyl (C=O) groups is 2. The highest BCUT2D eigenvalue weighted by Crippen LogP contribution is 2.24. The lowest BCUT2D eigenvalue weighted by atomic mass is 9.86. The molecule has 2 amide bonds. The average molecular weight is 510 g/mol. The Morgan fingerprint density at radius 2 is 1.34 bits per heavy atom. The fraction of sp³-hybridized carbons (Fsp3) is 0.286. The van der Waals surface area contributed by atoms with Gasteiger partial charge in [0.05, 0.1) is 0 Å². The van der Waals surface area contributed by atoms with Gasteiger partial charge in [0.2, 0.25) is 0 Å². The van der Waals surface area contributed by atoms with Gasteiger partial charge >= 0.3 is 0 Å². The van der Waals surface area contributed by atoms with Crippen molar-refractivity contribution in [3.63, 3.8) is 0 Å². The quantitative estimate of drug-likeness (QED) is 0.436. The van der Waals surface area contributed by atoms with Crippen molar-refractivity contribution in [1.29, 1.82) is 0 Å². The Morgan fingerprint density at radius 3 is 1.89 bits per heavy atom. The van der Waals surface area contributed by atoms with Gasteiger partial charge in [-0.1, -0.05) is 56.1 Å². The Bertz CT molecular complexity index is 1190. The van der Waals surface area contributed by atoms with E-state index in [1.165, 1.54) is 5.56 Å². The van der Waals surface area contributed by atoms with E-state index in [9.17, 15) is 9.59 Å². The third-order valence-corrected chi connectivity index (χ3v) is 6.62. The summed E-state index contributed by atoms with van der Waals surface area (Å²) in [5.74, 6) is -0.200. The third-order valence-electron chi connectivity index (χ3n) is 6.18. The number of amides is 2. The second-order valence-electron chi connectivity index (χ2n) is 9.77. The van der Waals surface area contributed by atoms with Crippen LogP contribution in [0.4, 0.5) is 11.4 Å². The highest BCUT2D eigenvalue weighted by atomic mass is 35.5. The molecule has 1 aliphatic rings. The van der Waals surface area contributed by atoms with Crippen LogP contribution in [0.5, 0.6) is 0 Å². The van der Waals surface area contributed by atoms with Gasteiger partial charge in [0.25, 0.3) is 11.8 Å². The summed E-state index contributed by atoms with van der Waals surface area (Å²) in [4.78, 5) is 29.6. The molecule has 182 valence electrons. The number of anilines is 2. The van der Waals surface area contributed by atoms with E-state index in [0.29, 0.717) is 34.4 Å². The lowest BCUT2D eigenvalue weighted by Crippen LogP contribution is -2.48. The van der Waals surface area contributed by atoms with Crippen molar-refractivity contribution in [3.8, 4) is 0 Å². The van der Waals surface area contributed by atoms with E-state index >= 15 is 0 Å². The van der Waals surface area contributed by atoms with Crippen molar-refractivity contribution in [2.24, 2.45) is 0 Å². The fourth-order valence-electron chi connectivity index (χ4n) is 4.11. The minimum atomic E-state index is -0.273. The normalized spacial score (nSPS) is 14.1. The maximum atomic E-state index is 13.0. The molecule has 0 atom stereocenters. The number of nitrogens with one attached hydrogen (secondary N) is 1. The average Bonchev–Trinajstić information content (AvgIpc) is 2.83. The number of hydrogen-bond acceptors (Lipinski definition) is 3. The maximum absolute atomic E-state index is 13.0. The molecule has 0 radical (unpaired) electrons. The molecule has 4 rings (SSSR count). The van der Waals surface area contributed by atoms with Gasteiger partial charge in [-0.2, -0.15) is 0 Å². The lowest BCUT2D eigenvalue weighted by molar-refractivity contribution is 0.0746. The number of nitrogens with zero attached hydrogens (tertiary/aromatic N) is 2. The highest BCUT2D eigenvalue weighted by molar-refractivity contribution is 6.35. The Labute approximate surface area is 216 Å². The highest BCUT2D eigenvalue weighted by Gasteiger charge is 2.23. The van der Waals surface area contributed by atoms with Crippen LogP contribution in [0.1, 0.15) is 47.1 Å². The van der Waals surface area contributed by atoms with E-state index < -0.39 is 0 Å². The molecule has 0 unspecified atom stereocenters. The van der Waals surface area contributed by atoms with Crippen LogP contribution in [0.2, 0.25) is 10.0 Å². The molecule has 5 nitrogen and oxygen atoms in total. The number of rotatable bonds is 4. The molecule has 1 saturated heterocycles. The van der Waals surface area contributed by atoms with Gasteiger partial charge in [0.15, 0.2) is 0 Å². The molecule has 35 heavy (non-hydrogen) atoms. The number of piperazine rings is 1. The predicted octanol–water partition coefficient (Wildman–Crippen LogP) is 6.51. The Morgan fingerprint density at radius 1 is 0.771 bits per heavy atom. The molecule has 0 aliphatic carbocycles. The molecule has 1 fully saturated rings. The van der Waals surface area contributed by atoms with E-state index in [4.69, 9.17) is 23.2 Å². The first kappa shape index (κ1) is 25.1. The van der Waals surface area contributed by atoms with Crippen molar-refractivity contribution in [3.05, 3.63) is 93.5 Å². The van der Waals surface area contributed by atoms with E-state index in [-0.39, 0.29) is 17.2 Å². The first-order chi connectivity index (χ1) is 16.6. The van der Waals surface area contributed by atoms with Crippen LogP contribution in [0.3, 0.4) is 0 Å². The summed E-state index contributed by atoms with van der Waals surface area (Å²) in [6.45, 7) is 9.31. The monoisotopic (exact) mass is 509 g/mol. The number of carbonyl (C=O) groups excluding carboxylic acids is 2. The summed E-state index contributed by atoms with van der Waals surface area (Å²) in [5, 5.41) is 3.70. The second-order valence-corrected chi connectivity index (χ2v) is 10.6. The minimum Gasteiger partial charge on any atom is -0.368 e. The van der Waals surface area contributed by atoms with Crippen LogP contribution in [0.15, 0.2) is 66.7 Å². The standard InChI is InChI=1S/C28H29Cl2N3O2/c1-28(2,3)21-6-4-19(5-7-21)27(35)33-14-12-32(13-15-33)25-10-8-24(9-11-25)31-26(34)20-16-22(29)18-23(30)17-20/h4-11,16-18H,12-15H2,1-3H3,(H,31,34). The summed E-state index contributed by atoms with van der Waals surface area (Å²) in [6.07, 6.45) is 0. The Balaban J connectivity index is 1.33. The SMILES string of the molecule is CC(C)(C)c1ccc(C(=O)N2CCN(c3ccc(NC(=O)c4cc(Cl)cc(Cl)c4)cc3)CC2)cc1. The molecule has 1 aliphatic heterocycles. The van der Waals surface area contributed by atoms with Gasteiger partial charge in [0.1, 0.15) is 0 Å². The van der Waals surface area contributed by atoms with Crippen molar-refractivity contribution in [1.82, 2.24) is 4.90 Å². The molecule has 7 heteroatoms. The molecule has 1 N–H and O–H groups in total. The van der Waals surface area contributed by atoms with Crippen LogP contribution in [0.25, 0.3) is 0 Å². The van der Waals surface area contributed by atoms with Crippen LogP contribution >= 0.6 is 23.2 Å². The van der Waals surface area contributed by atoms with Gasteiger partial charge in [-0.05, 0) is 65.6 Å². The first-order valence-electron chi connectivity index (χ1n) is 11.6. The zero-order chi connectivity index (χ0) is 25.2. The molecule has 3 aromatic carbocycles. The van der Waals surface area contributed by atoms with Gasteiger partial charge < -0.3 is 15.1 Å². The summed E-state index contributed by atoms with van der Waals surface area (Å²) < 4.78 is 0. The Kier molecular flexibility index (Phi) is 7.39. The zero-order valence-electron chi connectivity index (χ0n) is 20.1. The van der Waals surface area contributed by atoms with Crippen LogP contribution < -0.4 is 10.2 Å². The molecular formula is C28H29Cl2N3O2. The largest absolute Gasteiger partial charge is 0.368 e. The van der Waals surface area contributed by atoms with E-state index in [0.717, 1.165) is 24.3 Å². The maximum Gasteiger partial charge on any atom is 0.255 e. The number of halogens is 2. The van der Waals surface area contributed by atoms with Crippen LogP contribution in [-0.4, -0.2) is 42.9 Å². The van der Waals surface area contributed by atoms with E-state index in [1.807, 2.05) is 53.4 Å². The van der Waals surface area contributed by atoms with Crippen LogP contribution in [-0.2, 0) is 5.41 Å². The topological polar surface area (TPSA) is 52.7 Å². The number of benzene rings is 3. The van der Waals surface area contributed by atoms with Gasteiger partial charge in [0, 0.05) is 58.7 Å². The number of hydrogen-bond donors (Lipinski definition) is 1. The molecule has 3 aromatic rings. The smallest absolute Gasteiger partial charge is 0.255 e. The minimum absolute atomic E-state index is 0.0640. The van der Waals surface area contributed by atoms with E-state index in [2.05, 4.69) is 31.0 Å². The summed E-state index contributed by atoms with van der Waals surface area (Å²) in [6, 6.07) is 20.4. The van der Waals surface area contributed by atoms with Crippen molar-refractivity contribution in [2.75, 3.05) is 36.4 Å². The molecule has 0 bridgehead atoms. The van der Waals surface area contributed by atoms with Gasteiger partial charge in [-0.3, -0.25) is 9.59 Å². The summed E-state index contributed by atoms with van der Waals surface area (Å²) in [5.41, 5.74) is 4.15. The predicted molar refractivity (Wildman–Crippen MR) is 144 cm³/mol. The fourth-order valence-corrected chi connectivity index (χ4v) is 4.63. The molecule has 1 heterocycles. The molecule has 0 saturated carbocycles. The summed E-state index contributed by atoms with van der Waals surface area (Å²) >= 11 is 12.0. The Hall–Kier alpha value is -3.02. The van der Waals surface area contributed by atoms with E-state index in [1.54, 1.807) is 18.2 Å². The zero-order valence-corrected chi connectivity index (χ0v) is 21.7. The molecular weight excluding hydrogens is 481 g/mol. The molecule has 0 aromatic heterocycles. The van der Waals surface area contributed by atoms with Gasteiger partial charge in [-0.25, -0.2) is 0 Å². The van der Waals surface area contributed by atoms with Crippen molar-refractivity contribution < 1.29 is 9.59 Å². The summed E-state index contributed by atoms with van der Waals surface area (Å²) in [7, 11) is 0. The van der Waals surface area contributed by atoms with Crippen molar-refractivity contribution >= 4 is 46.4 Å². The molecule has 0 spiro atoms. The van der Waals surface area contributed by atoms with Crippen LogP contribution in [0, 0.1) is 0 Å².